The Labute approximate surface area is 154 Å². The molecule has 3 aromatic heterocycles. The van der Waals surface area contributed by atoms with Crippen LogP contribution in [0.25, 0.3) is 16.7 Å². The second-order valence-corrected chi connectivity index (χ2v) is 6.02. The third kappa shape index (κ3) is 2.73. The summed E-state index contributed by atoms with van der Waals surface area (Å²) >= 11 is 0. The molecule has 28 heavy (non-hydrogen) atoms. The first-order valence-electron chi connectivity index (χ1n) is 7.92. The Morgan fingerprint density at radius 3 is 2.36 bits per heavy atom. The van der Waals surface area contributed by atoms with Crippen LogP contribution in [0.2, 0.25) is 0 Å². The van der Waals surface area contributed by atoms with E-state index >= 15 is 0 Å². The number of ether oxygens (including phenoxy) is 2. The minimum absolute atomic E-state index is 0.0681. The molecule has 4 heterocycles. The van der Waals surface area contributed by atoms with Crippen molar-refractivity contribution in [3.8, 4) is 17.6 Å². The van der Waals surface area contributed by atoms with Crippen LogP contribution >= 0.6 is 0 Å². The number of anilines is 1. The summed E-state index contributed by atoms with van der Waals surface area (Å²) < 4.78 is 65.8. The Morgan fingerprint density at radius 2 is 1.71 bits per heavy atom. The van der Waals surface area contributed by atoms with E-state index in [1.54, 1.807) is 0 Å². The molecule has 0 atom stereocenters. The third-order valence-electron chi connectivity index (χ3n) is 4.25. The van der Waals surface area contributed by atoms with Gasteiger partial charge in [0, 0.05) is 6.20 Å². The van der Waals surface area contributed by atoms with Crippen LogP contribution in [0, 0.1) is 0 Å². The first-order valence-corrected chi connectivity index (χ1v) is 7.92. The van der Waals surface area contributed by atoms with Gasteiger partial charge in [-0.1, -0.05) is 0 Å². The maximum Gasteiger partial charge on any atom is 0.329 e. The summed E-state index contributed by atoms with van der Waals surface area (Å²) in [5.74, 6) is -8.25. The highest BCUT2D eigenvalue weighted by Crippen LogP contribution is 2.43. The molecule has 9 nitrogen and oxygen atoms in total. The lowest BCUT2D eigenvalue weighted by Crippen LogP contribution is -2.38. The number of hydrogen-bond donors (Lipinski definition) is 0. The molecule has 0 aliphatic carbocycles. The highest BCUT2D eigenvalue weighted by molar-refractivity contribution is 5.87. The number of methoxy groups -OCH3 is 2. The van der Waals surface area contributed by atoms with Gasteiger partial charge in [-0.05, 0) is 0 Å². The van der Waals surface area contributed by atoms with Gasteiger partial charge >= 0.3 is 17.9 Å². The minimum Gasteiger partial charge on any atom is -0.479 e. The molecule has 13 heteroatoms. The zero-order valence-corrected chi connectivity index (χ0v) is 14.6. The van der Waals surface area contributed by atoms with E-state index in [1.807, 2.05) is 0 Å². The first kappa shape index (κ1) is 18.1. The molecule has 0 saturated carbocycles. The maximum absolute atomic E-state index is 13.6. The minimum atomic E-state index is -4.16. The van der Waals surface area contributed by atoms with Crippen molar-refractivity contribution in [1.29, 1.82) is 0 Å². The van der Waals surface area contributed by atoms with Gasteiger partial charge in [-0.15, -0.1) is 5.10 Å². The third-order valence-corrected chi connectivity index (χ3v) is 4.25. The predicted octanol–water partition coefficient (Wildman–Crippen LogP) is 1.71. The zero-order chi connectivity index (χ0) is 20.1. The van der Waals surface area contributed by atoms with Gasteiger partial charge in [-0.3, -0.25) is 0 Å². The van der Waals surface area contributed by atoms with E-state index in [-0.39, 0.29) is 28.7 Å². The van der Waals surface area contributed by atoms with Crippen molar-refractivity contribution in [2.24, 2.45) is 0 Å². The van der Waals surface area contributed by atoms with Gasteiger partial charge in [-0.2, -0.15) is 22.5 Å². The summed E-state index contributed by atoms with van der Waals surface area (Å²) in [6.07, 6.45) is 3.86. The lowest BCUT2D eigenvalue weighted by atomic mass is 10.2. The maximum atomic E-state index is 13.6. The fraction of sp³-hybridized carbons (Fsp3) is 0.400. The normalized spacial score (nSPS) is 17.9. The molecule has 1 aliphatic heterocycles. The van der Waals surface area contributed by atoms with Gasteiger partial charge in [0.25, 0.3) is 0 Å². The Hall–Kier alpha value is -3.25. The van der Waals surface area contributed by atoms with Crippen LogP contribution in [0.5, 0.6) is 11.9 Å². The van der Waals surface area contributed by atoms with Crippen LogP contribution in [0.4, 0.5) is 23.4 Å². The van der Waals surface area contributed by atoms with E-state index in [0.717, 1.165) is 11.2 Å². The molecule has 0 amide bonds. The number of fused-ring (bicyclic) bond motifs is 1. The second-order valence-electron chi connectivity index (χ2n) is 6.02. The number of aromatic nitrogens is 6. The zero-order valence-electron chi connectivity index (χ0n) is 14.6. The predicted molar refractivity (Wildman–Crippen MR) is 87.5 cm³/mol. The van der Waals surface area contributed by atoms with E-state index in [1.165, 1.54) is 31.3 Å². The molecular formula is C15H13F4N7O2. The molecular weight excluding hydrogens is 386 g/mol. The van der Waals surface area contributed by atoms with Crippen molar-refractivity contribution >= 4 is 16.9 Å². The topological polar surface area (TPSA) is 91.1 Å². The molecule has 0 radical (unpaired) electrons. The number of halogens is 4. The van der Waals surface area contributed by atoms with Crippen LogP contribution in [0.1, 0.15) is 0 Å². The largest absolute Gasteiger partial charge is 0.479 e. The standard InChI is InChI=1S/C15H13F4N7O2/c1-27-12-9(3-20-13(23-12)28-2)26-4-8-10(24-26)21-7-22-11(8)25-5-14(16,17)15(18,19)6-25/h3-4,7H,5-6H2,1-2H3. The fourth-order valence-electron chi connectivity index (χ4n) is 2.87. The lowest BCUT2D eigenvalue weighted by Gasteiger charge is -2.15. The molecule has 0 unspecified atom stereocenters. The summed E-state index contributed by atoms with van der Waals surface area (Å²) in [4.78, 5) is 16.7. The van der Waals surface area contributed by atoms with Crippen LogP contribution < -0.4 is 14.4 Å². The van der Waals surface area contributed by atoms with E-state index in [4.69, 9.17) is 9.47 Å². The molecule has 3 aromatic rings. The fourth-order valence-corrected chi connectivity index (χ4v) is 2.87. The van der Waals surface area contributed by atoms with Gasteiger partial charge in [0.15, 0.2) is 5.65 Å². The highest BCUT2D eigenvalue weighted by atomic mass is 19.3. The first-order chi connectivity index (χ1) is 13.3. The summed E-state index contributed by atoms with van der Waals surface area (Å²) in [5.41, 5.74) is 0.436. The smallest absolute Gasteiger partial charge is 0.329 e. The second kappa shape index (κ2) is 6.14. The monoisotopic (exact) mass is 399 g/mol. The van der Waals surface area contributed by atoms with Gasteiger partial charge in [0.2, 0.25) is 5.88 Å². The lowest BCUT2D eigenvalue weighted by molar-refractivity contribution is -0.172. The SMILES string of the molecule is COc1ncc(-n2cc3c(N4CC(F)(F)C(F)(F)C4)ncnc3n2)c(OC)n1. The van der Waals surface area contributed by atoms with Crippen LogP contribution in [0.3, 0.4) is 0 Å². The summed E-state index contributed by atoms with van der Waals surface area (Å²) in [7, 11) is 2.77. The Balaban J connectivity index is 1.79. The number of alkyl halides is 4. The van der Waals surface area contributed by atoms with Crippen molar-refractivity contribution < 1.29 is 27.0 Å². The van der Waals surface area contributed by atoms with Crippen molar-refractivity contribution in [2.45, 2.75) is 11.8 Å². The number of nitrogens with zero attached hydrogens (tertiary/aromatic N) is 7. The van der Waals surface area contributed by atoms with Crippen molar-refractivity contribution in [3.63, 3.8) is 0 Å². The quantitative estimate of drug-likeness (QED) is 0.613. The highest BCUT2D eigenvalue weighted by Gasteiger charge is 2.63. The van der Waals surface area contributed by atoms with E-state index < -0.39 is 24.9 Å². The molecule has 1 fully saturated rings. The van der Waals surface area contributed by atoms with Gasteiger partial charge < -0.3 is 14.4 Å². The van der Waals surface area contributed by atoms with E-state index in [0.29, 0.717) is 5.69 Å². The number of rotatable bonds is 4. The number of hydrogen-bond acceptors (Lipinski definition) is 8. The Bertz CT molecular complexity index is 1030. The molecule has 0 bridgehead atoms. The molecule has 0 N–H and O–H groups in total. The van der Waals surface area contributed by atoms with Gasteiger partial charge in [0.05, 0.1) is 38.9 Å². The average Bonchev–Trinajstić information content (AvgIpc) is 3.18. The van der Waals surface area contributed by atoms with Crippen LogP contribution in [-0.4, -0.2) is 68.9 Å². The van der Waals surface area contributed by atoms with Crippen molar-refractivity contribution in [3.05, 3.63) is 18.7 Å². The van der Waals surface area contributed by atoms with Crippen molar-refractivity contribution in [1.82, 2.24) is 29.7 Å². The van der Waals surface area contributed by atoms with Gasteiger partial charge in [-0.25, -0.2) is 19.6 Å². The Morgan fingerprint density at radius 1 is 1.00 bits per heavy atom. The molecule has 1 saturated heterocycles. The summed E-state index contributed by atoms with van der Waals surface area (Å²) in [5, 5.41) is 4.43. The van der Waals surface area contributed by atoms with E-state index in [2.05, 4.69) is 25.0 Å². The van der Waals surface area contributed by atoms with E-state index in [9.17, 15) is 17.6 Å². The molecule has 1 aliphatic rings. The summed E-state index contributed by atoms with van der Waals surface area (Å²) in [6.45, 7) is -2.32. The molecule has 4 rings (SSSR count). The van der Waals surface area contributed by atoms with Gasteiger partial charge in [0.1, 0.15) is 17.8 Å². The molecule has 0 spiro atoms. The average molecular weight is 399 g/mol. The van der Waals surface area contributed by atoms with Crippen molar-refractivity contribution in [2.75, 3.05) is 32.2 Å². The Kier molecular flexibility index (Phi) is 3.97. The molecule has 0 aromatic carbocycles. The molecule has 148 valence electrons. The summed E-state index contributed by atoms with van der Waals surface area (Å²) in [6, 6.07) is 0.0688. The van der Waals surface area contributed by atoms with Crippen LogP contribution in [0.15, 0.2) is 18.7 Å². The van der Waals surface area contributed by atoms with Crippen LogP contribution in [-0.2, 0) is 0 Å².